The van der Waals surface area contributed by atoms with Crippen LogP contribution in [0.3, 0.4) is 0 Å². The van der Waals surface area contributed by atoms with Gasteiger partial charge in [0.25, 0.3) is 0 Å². The van der Waals surface area contributed by atoms with Crippen LogP contribution >= 0.6 is 12.4 Å². The summed E-state index contributed by atoms with van der Waals surface area (Å²) >= 11 is 0. The smallest absolute Gasteiger partial charge is 0.146 e. The number of rotatable bonds is 3. The zero-order chi connectivity index (χ0) is 15.6. The molecule has 5 heteroatoms. The van der Waals surface area contributed by atoms with Crippen LogP contribution in [-0.4, -0.2) is 37.6 Å². The minimum Gasteiger partial charge on any atom is -0.384 e. The predicted octanol–water partition coefficient (Wildman–Crippen LogP) is 3.54. The number of hydrogen-bond donors (Lipinski definition) is 1. The van der Waals surface area contributed by atoms with Crippen molar-refractivity contribution in [3.8, 4) is 0 Å². The standard InChI is InChI=1S/C19H22FN3.ClH/c20-17-6-1-2-7-18(17)23-12-10-22(11-13-23)14-16-5-3-4-15-8-9-21-19(15)16;/h1-7,21H,8-14H2;1H. The van der Waals surface area contributed by atoms with E-state index < -0.39 is 0 Å². The van der Waals surface area contributed by atoms with Crippen LogP contribution in [0.4, 0.5) is 15.8 Å². The summed E-state index contributed by atoms with van der Waals surface area (Å²) in [5.74, 6) is -0.119. The van der Waals surface area contributed by atoms with Crippen molar-refractivity contribution in [2.24, 2.45) is 0 Å². The highest BCUT2D eigenvalue weighted by atomic mass is 35.5. The third-order valence-corrected chi connectivity index (χ3v) is 4.89. The highest BCUT2D eigenvalue weighted by molar-refractivity contribution is 5.85. The van der Waals surface area contributed by atoms with Crippen molar-refractivity contribution in [1.29, 1.82) is 0 Å². The molecule has 0 aromatic heterocycles. The summed E-state index contributed by atoms with van der Waals surface area (Å²) in [5, 5.41) is 3.51. The second-order valence-electron chi connectivity index (χ2n) is 6.34. The molecule has 0 saturated carbocycles. The molecule has 3 nitrogen and oxygen atoms in total. The zero-order valence-electron chi connectivity index (χ0n) is 13.7. The fourth-order valence-electron chi connectivity index (χ4n) is 3.64. The van der Waals surface area contributed by atoms with Crippen LogP contribution in [-0.2, 0) is 13.0 Å². The quantitative estimate of drug-likeness (QED) is 0.916. The van der Waals surface area contributed by atoms with E-state index in [2.05, 4.69) is 33.3 Å². The zero-order valence-corrected chi connectivity index (χ0v) is 14.5. The van der Waals surface area contributed by atoms with Crippen LogP contribution in [0.15, 0.2) is 42.5 Å². The van der Waals surface area contributed by atoms with Gasteiger partial charge in [-0.15, -0.1) is 12.4 Å². The topological polar surface area (TPSA) is 18.5 Å². The van der Waals surface area contributed by atoms with Crippen molar-refractivity contribution >= 4 is 23.8 Å². The highest BCUT2D eigenvalue weighted by Gasteiger charge is 2.21. The fraction of sp³-hybridized carbons (Fsp3) is 0.368. The van der Waals surface area contributed by atoms with Crippen LogP contribution in [0.1, 0.15) is 11.1 Å². The molecule has 2 aromatic carbocycles. The largest absolute Gasteiger partial charge is 0.384 e. The first-order chi connectivity index (χ1) is 11.3. The second-order valence-corrected chi connectivity index (χ2v) is 6.34. The molecule has 0 unspecified atom stereocenters. The molecule has 2 aliphatic heterocycles. The van der Waals surface area contributed by atoms with Gasteiger partial charge in [-0.05, 0) is 29.7 Å². The summed E-state index contributed by atoms with van der Waals surface area (Å²) in [4.78, 5) is 4.62. The lowest BCUT2D eigenvalue weighted by Crippen LogP contribution is -2.46. The minimum absolute atomic E-state index is 0. The third kappa shape index (κ3) is 3.35. The molecule has 1 saturated heterocycles. The lowest BCUT2D eigenvalue weighted by molar-refractivity contribution is 0.249. The molecule has 0 atom stereocenters. The summed E-state index contributed by atoms with van der Waals surface area (Å²) < 4.78 is 13.9. The van der Waals surface area contributed by atoms with Gasteiger partial charge in [-0.3, -0.25) is 4.90 Å². The SMILES string of the molecule is Cl.Fc1ccccc1N1CCN(Cc2cccc3c2NCC3)CC1. The first-order valence-corrected chi connectivity index (χ1v) is 8.38. The van der Waals surface area contributed by atoms with E-state index in [1.54, 1.807) is 12.1 Å². The Morgan fingerprint density at radius 3 is 2.54 bits per heavy atom. The van der Waals surface area contributed by atoms with Crippen molar-refractivity contribution in [2.45, 2.75) is 13.0 Å². The number of halogens is 2. The van der Waals surface area contributed by atoms with E-state index in [9.17, 15) is 4.39 Å². The van der Waals surface area contributed by atoms with Crippen molar-refractivity contribution in [2.75, 3.05) is 42.9 Å². The number of piperazine rings is 1. The Morgan fingerprint density at radius 1 is 0.958 bits per heavy atom. The summed E-state index contributed by atoms with van der Waals surface area (Å²) in [7, 11) is 0. The number of anilines is 2. The second kappa shape index (κ2) is 7.41. The maximum atomic E-state index is 13.9. The van der Waals surface area contributed by atoms with Crippen LogP contribution in [0.5, 0.6) is 0 Å². The molecule has 1 fully saturated rings. The van der Waals surface area contributed by atoms with Gasteiger partial charge in [0.1, 0.15) is 5.82 Å². The van der Waals surface area contributed by atoms with Crippen LogP contribution in [0, 0.1) is 5.82 Å². The minimum atomic E-state index is -0.119. The van der Waals surface area contributed by atoms with Crippen molar-refractivity contribution in [3.05, 3.63) is 59.4 Å². The molecule has 0 bridgehead atoms. The van der Waals surface area contributed by atoms with E-state index in [1.165, 1.54) is 16.8 Å². The Hall–Kier alpha value is -1.78. The van der Waals surface area contributed by atoms with Gasteiger partial charge in [0, 0.05) is 45.0 Å². The third-order valence-electron chi connectivity index (χ3n) is 4.89. The number of para-hydroxylation sites is 2. The van der Waals surface area contributed by atoms with Gasteiger partial charge in [-0.25, -0.2) is 4.39 Å². The summed E-state index contributed by atoms with van der Waals surface area (Å²) in [6, 6.07) is 13.7. The molecule has 0 aliphatic carbocycles. The molecular formula is C19H23ClFN3. The summed E-state index contributed by atoms with van der Waals surface area (Å²) in [6.07, 6.45) is 1.13. The number of nitrogens with one attached hydrogen (secondary N) is 1. The maximum absolute atomic E-state index is 13.9. The number of benzene rings is 2. The molecule has 0 spiro atoms. The van der Waals surface area contributed by atoms with Crippen LogP contribution in [0.2, 0.25) is 0 Å². The first-order valence-electron chi connectivity index (χ1n) is 8.38. The molecular weight excluding hydrogens is 325 g/mol. The first kappa shape index (κ1) is 17.1. The average molecular weight is 348 g/mol. The van der Waals surface area contributed by atoms with Crippen molar-refractivity contribution < 1.29 is 4.39 Å². The lowest BCUT2D eigenvalue weighted by Gasteiger charge is -2.36. The maximum Gasteiger partial charge on any atom is 0.146 e. The molecule has 0 radical (unpaired) electrons. The predicted molar refractivity (Wildman–Crippen MR) is 99.8 cm³/mol. The molecule has 0 amide bonds. The monoisotopic (exact) mass is 347 g/mol. The fourth-order valence-corrected chi connectivity index (χ4v) is 3.64. The number of fused-ring (bicyclic) bond motifs is 1. The van der Waals surface area contributed by atoms with Crippen LogP contribution in [0.25, 0.3) is 0 Å². The molecule has 2 heterocycles. The van der Waals surface area contributed by atoms with Gasteiger partial charge in [-0.1, -0.05) is 30.3 Å². The Bertz CT molecular complexity index is 699. The summed E-state index contributed by atoms with van der Waals surface area (Å²) in [5.41, 5.74) is 4.89. The number of nitrogens with zero attached hydrogens (tertiary/aromatic N) is 2. The molecule has 2 aliphatic rings. The van der Waals surface area contributed by atoms with Gasteiger partial charge < -0.3 is 10.2 Å². The van der Waals surface area contributed by atoms with E-state index in [4.69, 9.17) is 0 Å². The van der Waals surface area contributed by atoms with E-state index >= 15 is 0 Å². The van der Waals surface area contributed by atoms with Gasteiger partial charge in [0.05, 0.1) is 5.69 Å². The lowest BCUT2D eigenvalue weighted by atomic mass is 10.1. The van der Waals surface area contributed by atoms with E-state index in [-0.39, 0.29) is 18.2 Å². The Morgan fingerprint density at radius 2 is 1.75 bits per heavy atom. The molecule has 4 rings (SSSR count). The Kier molecular flexibility index (Phi) is 5.27. The normalized spacial score (nSPS) is 17.1. The molecule has 2 aromatic rings. The van der Waals surface area contributed by atoms with Gasteiger partial charge in [0.2, 0.25) is 0 Å². The van der Waals surface area contributed by atoms with E-state index in [0.717, 1.165) is 51.4 Å². The Balaban J connectivity index is 0.00000169. The van der Waals surface area contributed by atoms with Gasteiger partial charge in [-0.2, -0.15) is 0 Å². The highest BCUT2D eigenvalue weighted by Crippen LogP contribution is 2.28. The van der Waals surface area contributed by atoms with Crippen molar-refractivity contribution in [3.63, 3.8) is 0 Å². The molecule has 1 N–H and O–H groups in total. The van der Waals surface area contributed by atoms with E-state index in [0.29, 0.717) is 0 Å². The van der Waals surface area contributed by atoms with Gasteiger partial charge >= 0.3 is 0 Å². The van der Waals surface area contributed by atoms with Crippen molar-refractivity contribution in [1.82, 2.24) is 4.90 Å². The molecule has 24 heavy (non-hydrogen) atoms. The Labute approximate surface area is 148 Å². The molecule has 128 valence electrons. The van der Waals surface area contributed by atoms with Gasteiger partial charge in [0.15, 0.2) is 0 Å². The summed E-state index contributed by atoms with van der Waals surface area (Å²) in [6.45, 7) is 5.72. The number of hydrogen-bond acceptors (Lipinski definition) is 3. The van der Waals surface area contributed by atoms with E-state index in [1.807, 2.05) is 12.1 Å². The van der Waals surface area contributed by atoms with Crippen LogP contribution < -0.4 is 10.2 Å². The average Bonchev–Trinajstić information content (AvgIpc) is 3.06.